The van der Waals surface area contributed by atoms with Crippen molar-refractivity contribution in [2.75, 3.05) is 0 Å². The summed E-state index contributed by atoms with van der Waals surface area (Å²) in [5.41, 5.74) is 1.88. The molecule has 1 aromatic rings. The van der Waals surface area contributed by atoms with Crippen LogP contribution in [0.1, 0.15) is 38.2 Å². The molecule has 0 nitrogen and oxygen atoms in total. The summed E-state index contributed by atoms with van der Waals surface area (Å²) >= 11 is 0. The van der Waals surface area contributed by atoms with Gasteiger partial charge < -0.3 is 0 Å². The summed E-state index contributed by atoms with van der Waals surface area (Å²) in [7, 11) is 0. The minimum atomic E-state index is 0.420. The predicted octanol–water partition coefficient (Wildman–Crippen LogP) is 3.81. The number of benzene rings is 1. The van der Waals surface area contributed by atoms with E-state index in [1.165, 1.54) is 37.7 Å². The summed E-state index contributed by atoms with van der Waals surface area (Å²) in [6, 6.07) is 10.7. The first-order valence-corrected chi connectivity index (χ1v) is 5.82. The van der Waals surface area contributed by atoms with Gasteiger partial charge in [-0.15, -0.1) is 5.92 Å². The zero-order chi connectivity index (χ0) is 10.6. The van der Waals surface area contributed by atoms with E-state index in [1.54, 1.807) is 0 Å². The van der Waals surface area contributed by atoms with Crippen molar-refractivity contribution in [2.45, 2.75) is 39.0 Å². The molecule has 1 fully saturated rings. The molecule has 2 rings (SSSR count). The number of rotatable bonds is 4. The Morgan fingerprint density at radius 3 is 2.53 bits per heavy atom. The average molecular weight is 198 g/mol. The average Bonchev–Trinajstić information content (AvgIpc) is 3.00. The first-order valence-electron chi connectivity index (χ1n) is 5.82. The van der Waals surface area contributed by atoms with Crippen LogP contribution >= 0.6 is 0 Å². The van der Waals surface area contributed by atoms with E-state index in [1.807, 2.05) is 6.92 Å². The van der Waals surface area contributed by atoms with E-state index in [4.69, 9.17) is 0 Å². The van der Waals surface area contributed by atoms with Gasteiger partial charge in [0.05, 0.1) is 0 Å². The Kier molecular flexibility index (Phi) is 3.11. The van der Waals surface area contributed by atoms with Crippen LogP contribution in [0.4, 0.5) is 0 Å². The summed E-state index contributed by atoms with van der Waals surface area (Å²) in [5.74, 6) is 6.44. The SMILES string of the molecule is CC#CC1(CCCc2ccccc2)CC1. The van der Waals surface area contributed by atoms with E-state index in [0.29, 0.717) is 5.41 Å². The lowest BCUT2D eigenvalue weighted by Gasteiger charge is -2.06. The highest BCUT2D eigenvalue weighted by Gasteiger charge is 2.39. The molecule has 15 heavy (non-hydrogen) atoms. The first kappa shape index (κ1) is 10.3. The van der Waals surface area contributed by atoms with Crippen molar-refractivity contribution in [3.05, 3.63) is 35.9 Å². The van der Waals surface area contributed by atoms with Crippen LogP contribution in [0.3, 0.4) is 0 Å². The third-order valence-corrected chi connectivity index (χ3v) is 3.21. The molecule has 1 aromatic carbocycles. The maximum absolute atomic E-state index is 3.37. The van der Waals surface area contributed by atoms with Crippen LogP contribution in [0.25, 0.3) is 0 Å². The zero-order valence-corrected chi connectivity index (χ0v) is 9.42. The van der Waals surface area contributed by atoms with Crippen molar-refractivity contribution in [3.63, 3.8) is 0 Å². The molecule has 0 heterocycles. The normalized spacial score (nSPS) is 16.6. The molecule has 0 aliphatic heterocycles. The Balaban J connectivity index is 1.78. The summed E-state index contributed by atoms with van der Waals surface area (Å²) < 4.78 is 0. The maximum atomic E-state index is 3.37. The van der Waals surface area contributed by atoms with Crippen LogP contribution in [0, 0.1) is 17.3 Å². The van der Waals surface area contributed by atoms with Crippen molar-refractivity contribution < 1.29 is 0 Å². The Labute approximate surface area is 92.7 Å². The standard InChI is InChI=1S/C15H18/c1-2-10-15(12-13-15)11-6-9-14-7-4-3-5-8-14/h3-5,7-8H,6,9,11-13H2,1H3. The van der Waals surface area contributed by atoms with Crippen LogP contribution in [0.5, 0.6) is 0 Å². The van der Waals surface area contributed by atoms with Crippen molar-refractivity contribution in [3.8, 4) is 11.8 Å². The van der Waals surface area contributed by atoms with Gasteiger partial charge in [-0.05, 0) is 44.6 Å². The molecule has 0 unspecified atom stereocenters. The second kappa shape index (κ2) is 4.53. The smallest absolute Gasteiger partial charge is 0.0315 e. The fraction of sp³-hybridized carbons (Fsp3) is 0.467. The zero-order valence-electron chi connectivity index (χ0n) is 9.42. The van der Waals surface area contributed by atoms with Gasteiger partial charge in [-0.1, -0.05) is 36.3 Å². The van der Waals surface area contributed by atoms with Crippen LogP contribution in [-0.4, -0.2) is 0 Å². The Morgan fingerprint density at radius 2 is 1.93 bits per heavy atom. The van der Waals surface area contributed by atoms with E-state index >= 15 is 0 Å². The van der Waals surface area contributed by atoms with Crippen LogP contribution in [0.2, 0.25) is 0 Å². The van der Waals surface area contributed by atoms with Crippen LogP contribution in [0.15, 0.2) is 30.3 Å². The van der Waals surface area contributed by atoms with Crippen molar-refractivity contribution in [1.82, 2.24) is 0 Å². The van der Waals surface area contributed by atoms with E-state index in [2.05, 4.69) is 42.2 Å². The predicted molar refractivity (Wildman–Crippen MR) is 64.5 cm³/mol. The highest BCUT2D eigenvalue weighted by atomic mass is 14.4. The van der Waals surface area contributed by atoms with Gasteiger partial charge in [0.25, 0.3) is 0 Å². The number of aryl methyl sites for hydroxylation is 1. The largest absolute Gasteiger partial charge is 0.106 e. The van der Waals surface area contributed by atoms with Gasteiger partial charge >= 0.3 is 0 Å². The Morgan fingerprint density at radius 1 is 1.20 bits per heavy atom. The third kappa shape index (κ3) is 2.86. The molecule has 1 aliphatic rings. The lowest BCUT2D eigenvalue weighted by atomic mass is 9.97. The van der Waals surface area contributed by atoms with Crippen molar-refractivity contribution >= 4 is 0 Å². The van der Waals surface area contributed by atoms with Gasteiger partial charge in [0, 0.05) is 5.41 Å². The lowest BCUT2D eigenvalue weighted by Crippen LogP contribution is -1.97. The number of hydrogen-bond acceptors (Lipinski definition) is 0. The first-order chi connectivity index (χ1) is 7.35. The second-order valence-electron chi connectivity index (χ2n) is 4.49. The highest BCUT2D eigenvalue weighted by molar-refractivity contribution is 5.19. The monoisotopic (exact) mass is 198 g/mol. The fourth-order valence-electron chi connectivity index (χ4n) is 2.13. The van der Waals surface area contributed by atoms with Gasteiger partial charge in [0.1, 0.15) is 0 Å². The van der Waals surface area contributed by atoms with Crippen molar-refractivity contribution in [1.29, 1.82) is 0 Å². The molecule has 0 heteroatoms. The lowest BCUT2D eigenvalue weighted by molar-refractivity contribution is 0.569. The van der Waals surface area contributed by atoms with E-state index in [-0.39, 0.29) is 0 Å². The van der Waals surface area contributed by atoms with E-state index in [9.17, 15) is 0 Å². The highest BCUT2D eigenvalue weighted by Crippen LogP contribution is 2.49. The molecule has 1 aliphatic carbocycles. The van der Waals surface area contributed by atoms with Crippen molar-refractivity contribution in [2.24, 2.45) is 5.41 Å². The fourth-order valence-corrected chi connectivity index (χ4v) is 2.13. The molecule has 0 aromatic heterocycles. The van der Waals surface area contributed by atoms with Gasteiger partial charge in [-0.2, -0.15) is 0 Å². The molecule has 0 bridgehead atoms. The summed E-state index contributed by atoms with van der Waals surface area (Å²) in [4.78, 5) is 0. The second-order valence-corrected chi connectivity index (χ2v) is 4.49. The quantitative estimate of drug-likeness (QED) is 0.645. The molecule has 0 radical (unpaired) electrons. The molecular weight excluding hydrogens is 180 g/mol. The summed E-state index contributed by atoms with van der Waals surface area (Å²) in [6.45, 7) is 1.96. The minimum Gasteiger partial charge on any atom is -0.106 e. The molecule has 0 atom stereocenters. The molecule has 0 amide bonds. The molecule has 0 saturated heterocycles. The summed E-state index contributed by atoms with van der Waals surface area (Å²) in [5, 5.41) is 0. The van der Waals surface area contributed by atoms with Gasteiger partial charge in [0.2, 0.25) is 0 Å². The molecule has 0 N–H and O–H groups in total. The van der Waals surface area contributed by atoms with Crippen LogP contribution < -0.4 is 0 Å². The van der Waals surface area contributed by atoms with E-state index in [0.717, 1.165) is 0 Å². The van der Waals surface area contributed by atoms with E-state index < -0.39 is 0 Å². The van der Waals surface area contributed by atoms with Crippen LogP contribution in [-0.2, 0) is 6.42 Å². The minimum absolute atomic E-state index is 0.420. The molecule has 0 spiro atoms. The van der Waals surface area contributed by atoms with Gasteiger partial charge in [-0.25, -0.2) is 0 Å². The maximum Gasteiger partial charge on any atom is 0.0315 e. The number of hydrogen-bond donors (Lipinski definition) is 0. The van der Waals surface area contributed by atoms with Gasteiger partial charge in [-0.3, -0.25) is 0 Å². The summed E-state index contributed by atoms with van der Waals surface area (Å²) in [6.07, 6.45) is 6.40. The molecular formula is C15H18. The Hall–Kier alpha value is -1.22. The molecule has 1 saturated carbocycles. The molecule has 78 valence electrons. The van der Waals surface area contributed by atoms with Gasteiger partial charge in [0.15, 0.2) is 0 Å². The third-order valence-electron chi connectivity index (χ3n) is 3.21. The topological polar surface area (TPSA) is 0 Å². The Bertz CT molecular complexity index is 360.